The van der Waals surface area contributed by atoms with Crippen LogP contribution in [0.5, 0.6) is 0 Å². The van der Waals surface area contributed by atoms with Crippen LogP contribution in [0.3, 0.4) is 0 Å². The van der Waals surface area contributed by atoms with Crippen LogP contribution in [0.25, 0.3) is 0 Å². The second-order valence-corrected chi connectivity index (χ2v) is 3.45. The number of carbonyl (C=O) groups excluding carboxylic acids is 2. The van der Waals surface area contributed by atoms with Crippen molar-refractivity contribution < 1.29 is 14.0 Å². The summed E-state index contributed by atoms with van der Waals surface area (Å²) in [4.78, 5) is 23.8. The molecular weight excluding hydrogens is 196 g/mol. The second-order valence-electron chi connectivity index (χ2n) is 3.45. The van der Waals surface area contributed by atoms with Crippen LogP contribution in [0.1, 0.15) is 24.4 Å². The van der Waals surface area contributed by atoms with Gasteiger partial charge in [0, 0.05) is 12.8 Å². The van der Waals surface area contributed by atoms with Crippen LogP contribution in [-0.4, -0.2) is 16.7 Å². The summed E-state index contributed by atoms with van der Waals surface area (Å²) in [5.41, 5.74) is 5.38. The Balaban J connectivity index is 2.07. The molecule has 2 heterocycles. The summed E-state index contributed by atoms with van der Waals surface area (Å²) >= 11 is 0. The van der Waals surface area contributed by atoms with Gasteiger partial charge in [-0.2, -0.15) is 0 Å². The Morgan fingerprint density at radius 1 is 1.20 bits per heavy atom. The molecule has 0 atom stereocenters. The van der Waals surface area contributed by atoms with Gasteiger partial charge in [0.2, 0.25) is 11.8 Å². The van der Waals surface area contributed by atoms with E-state index in [1.807, 2.05) is 0 Å². The van der Waals surface area contributed by atoms with Crippen LogP contribution >= 0.6 is 0 Å². The number of hydrogen-bond donors (Lipinski definition) is 1. The highest BCUT2D eigenvalue weighted by atomic mass is 16.3. The second kappa shape index (κ2) is 3.86. The van der Waals surface area contributed by atoms with Gasteiger partial charge in [-0.3, -0.25) is 14.5 Å². The van der Waals surface area contributed by atoms with Crippen LogP contribution in [0.2, 0.25) is 0 Å². The predicted molar refractivity (Wildman–Crippen MR) is 51.4 cm³/mol. The summed E-state index contributed by atoms with van der Waals surface area (Å²) in [5.74, 6) is 0.986. The molecule has 1 fully saturated rings. The lowest BCUT2D eigenvalue weighted by Gasteiger charge is -2.10. The Labute approximate surface area is 86.8 Å². The topological polar surface area (TPSA) is 76.5 Å². The number of likely N-dealkylation sites (tertiary alicyclic amines) is 1. The molecule has 0 radical (unpaired) electrons. The van der Waals surface area contributed by atoms with E-state index in [0.717, 1.165) is 0 Å². The van der Waals surface area contributed by atoms with Crippen molar-refractivity contribution in [1.29, 1.82) is 0 Å². The molecule has 5 nitrogen and oxygen atoms in total. The van der Waals surface area contributed by atoms with Crippen LogP contribution in [0, 0.1) is 0 Å². The molecule has 2 rings (SSSR count). The van der Waals surface area contributed by atoms with Crippen LogP contribution in [0.4, 0.5) is 0 Å². The summed E-state index contributed by atoms with van der Waals surface area (Å²) in [6.07, 6.45) is 0.618. The number of rotatable bonds is 3. The van der Waals surface area contributed by atoms with Crippen molar-refractivity contribution in [3.8, 4) is 0 Å². The smallest absolute Gasteiger partial charge is 0.230 e. The molecule has 0 aromatic carbocycles. The number of amides is 2. The lowest BCUT2D eigenvalue weighted by Crippen LogP contribution is -2.28. The number of furan rings is 1. The summed E-state index contributed by atoms with van der Waals surface area (Å²) < 4.78 is 5.32. The molecular formula is C10H12N2O3. The molecule has 1 aliphatic rings. The van der Waals surface area contributed by atoms with Crippen molar-refractivity contribution in [3.05, 3.63) is 23.7 Å². The molecule has 0 bridgehead atoms. The molecule has 1 saturated heterocycles. The van der Waals surface area contributed by atoms with Gasteiger partial charge in [0.1, 0.15) is 11.5 Å². The lowest BCUT2D eigenvalue weighted by atomic mass is 10.4. The van der Waals surface area contributed by atoms with Gasteiger partial charge in [-0.05, 0) is 12.1 Å². The Bertz CT molecular complexity index is 381. The Morgan fingerprint density at radius 2 is 1.80 bits per heavy atom. The van der Waals surface area contributed by atoms with E-state index >= 15 is 0 Å². The highest BCUT2D eigenvalue weighted by Crippen LogP contribution is 2.17. The van der Waals surface area contributed by atoms with E-state index in [-0.39, 0.29) is 18.4 Å². The first-order valence-electron chi connectivity index (χ1n) is 4.81. The molecule has 80 valence electrons. The van der Waals surface area contributed by atoms with E-state index in [9.17, 15) is 9.59 Å². The lowest BCUT2D eigenvalue weighted by molar-refractivity contribution is -0.139. The van der Waals surface area contributed by atoms with Gasteiger partial charge in [-0.25, -0.2) is 0 Å². The number of hydrogen-bond acceptors (Lipinski definition) is 4. The minimum absolute atomic E-state index is 0.134. The fraction of sp³-hybridized carbons (Fsp3) is 0.400. The number of nitrogens with two attached hydrogens (primary N) is 1. The van der Waals surface area contributed by atoms with Crippen molar-refractivity contribution in [2.24, 2.45) is 5.73 Å². The van der Waals surface area contributed by atoms with Gasteiger partial charge >= 0.3 is 0 Å². The van der Waals surface area contributed by atoms with E-state index in [0.29, 0.717) is 30.9 Å². The molecule has 15 heavy (non-hydrogen) atoms. The zero-order chi connectivity index (χ0) is 10.8. The molecule has 0 spiro atoms. The standard InChI is InChI=1S/C10H12N2O3/c11-5-7-1-2-8(15-7)6-12-9(13)3-4-10(12)14/h1-2H,3-6,11H2. The molecule has 2 N–H and O–H groups in total. The number of nitrogens with zero attached hydrogens (tertiary/aromatic N) is 1. The average molecular weight is 208 g/mol. The van der Waals surface area contributed by atoms with Gasteiger partial charge in [0.15, 0.2) is 0 Å². The fourth-order valence-corrected chi connectivity index (χ4v) is 1.57. The molecule has 0 unspecified atom stereocenters. The summed E-state index contributed by atoms with van der Waals surface area (Å²) in [6.45, 7) is 0.541. The summed E-state index contributed by atoms with van der Waals surface area (Å²) in [6, 6.07) is 3.49. The Kier molecular flexibility index (Phi) is 2.55. The van der Waals surface area contributed by atoms with Crippen LogP contribution < -0.4 is 5.73 Å². The van der Waals surface area contributed by atoms with E-state index < -0.39 is 0 Å². The minimum atomic E-state index is -0.134. The molecule has 0 saturated carbocycles. The van der Waals surface area contributed by atoms with Crippen molar-refractivity contribution in [2.75, 3.05) is 0 Å². The third-order valence-electron chi connectivity index (χ3n) is 2.39. The quantitative estimate of drug-likeness (QED) is 0.729. The zero-order valence-corrected chi connectivity index (χ0v) is 8.23. The molecule has 1 aromatic heterocycles. The SMILES string of the molecule is NCc1ccc(CN2C(=O)CCC2=O)o1. The van der Waals surface area contributed by atoms with Gasteiger partial charge in [0.25, 0.3) is 0 Å². The maximum Gasteiger partial charge on any atom is 0.230 e. The largest absolute Gasteiger partial charge is 0.463 e. The van der Waals surface area contributed by atoms with Crippen molar-refractivity contribution in [2.45, 2.75) is 25.9 Å². The highest BCUT2D eigenvalue weighted by molar-refractivity contribution is 6.01. The van der Waals surface area contributed by atoms with E-state index in [2.05, 4.69) is 0 Å². The monoisotopic (exact) mass is 208 g/mol. The van der Waals surface area contributed by atoms with E-state index in [1.54, 1.807) is 12.1 Å². The maximum atomic E-state index is 11.3. The number of carbonyl (C=O) groups is 2. The fourth-order valence-electron chi connectivity index (χ4n) is 1.57. The summed E-state index contributed by atoms with van der Waals surface area (Å²) in [7, 11) is 0. The van der Waals surface area contributed by atoms with Crippen LogP contribution in [0.15, 0.2) is 16.5 Å². The zero-order valence-electron chi connectivity index (χ0n) is 8.23. The Hall–Kier alpha value is -1.62. The van der Waals surface area contributed by atoms with Crippen molar-refractivity contribution in [1.82, 2.24) is 4.90 Å². The normalized spacial score (nSPS) is 16.5. The van der Waals surface area contributed by atoms with Gasteiger partial charge in [0.05, 0.1) is 13.1 Å². The first kappa shape index (κ1) is 9.92. The van der Waals surface area contributed by atoms with Gasteiger partial charge < -0.3 is 10.2 Å². The van der Waals surface area contributed by atoms with Crippen molar-refractivity contribution in [3.63, 3.8) is 0 Å². The third-order valence-corrected chi connectivity index (χ3v) is 2.39. The maximum absolute atomic E-state index is 11.3. The number of imide groups is 1. The van der Waals surface area contributed by atoms with Gasteiger partial charge in [-0.15, -0.1) is 0 Å². The Morgan fingerprint density at radius 3 is 2.33 bits per heavy atom. The minimum Gasteiger partial charge on any atom is -0.463 e. The van der Waals surface area contributed by atoms with E-state index in [4.69, 9.17) is 10.2 Å². The van der Waals surface area contributed by atoms with Crippen molar-refractivity contribution >= 4 is 11.8 Å². The summed E-state index contributed by atoms with van der Waals surface area (Å²) in [5, 5.41) is 0. The third kappa shape index (κ3) is 1.92. The molecule has 1 aliphatic heterocycles. The predicted octanol–water partition coefficient (Wildman–Crippen LogP) is 0.387. The van der Waals surface area contributed by atoms with E-state index in [1.165, 1.54) is 4.90 Å². The molecule has 0 aliphatic carbocycles. The average Bonchev–Trinajstić information content (AvgIpc) is 2.80. The molecule has 5 heteroatoms. The van der Waals surface area contributed by atoms with Gasteiger partial charge in [-0.1, -0.05) is 0 Å². The highest BCUT2D eigenvalue weighted by Gasteiger charge is 2.29. The molecule has 1 aromatic rings. The first-order valence-corrected chi connectivity index (χ1v) is 4.81. The van der Waals surface area contributed by atoms with Crippen LogP contribution in [-0.2, 0) is 22.7 Å². The first-order chi connectivity index (χ1) is 7.20. The molecule has 2 amide bonds.